The maximum Gasteiger partial charge on any atom is 0.310 e. The monoisotopic (exact) mass is 498 g/mol. The first-order chi connectivity index (χ1) is 17.4. The van der Waals surface area contributed by atoms with Gasteiger partial charge in [-0.1, -0.05) is 0 Å². The van der Waals surface area contributed by atoms with Crippen molar-refractivity contribution in [3.05, 3.63) is 41.0 Å². The van der Waals surface area contributed by atoms with Crippen LogP contribution in [-0.4, -0.2) is 77.3 Å². The number of nitrogens with one attached hydrogen (secondary N) is 1. The Bertz CT molecular complexity index is 1110. The zero-order valence-electron chi connectivity index (χ0n) is 21.2. The molecule has 2 aromatic rings. The smallest absolute Gasteiger partial charge is 0.310 e. The van der Waals surface area contributed by atoms with E-state index < -0.39 is 0 Å². The lowest BCUT2D eigenvalue weighted by molar-refractivity contribution is -0.141. The van der Waals surface area contributed by atoms with E-state index in [1.54, 1.807) is 12.1 Å². The van der Waals surface area contributed by atoms with E-state index in [0.29, 0.717) is 23.9 Å². The third-order valence-electron chi connectivity index (χ3n) is 7.57. The Labute approximate surface area is 211 Å². The van der Waals surface area contributed by atoms with E-state index in [1.165, 1.54) is 14.2 Å². The quantitative estimate of drug-likeness (QED) is 0.399. The number of cyclic esters (lactones) is 1. The zero-order chi connectivity index (χ0) is 25.4. The molecule has 9 nitrogen and oxygen atoms in total. The van der Waals surface area contributed by atoms with E-state index in [4.69, 9.17) is 23.7 Å². The van der Waals surface area contributed by atoms with Crippen LogP contribution in [0.2, 0.25) is 0 Å². The van der Waals surface area contributed by atoms with Gasteiger partial charge >= 0.3 is 5.97 Å². The van der Waals surface area contributed by atoms with Gasteiger partial charge in [-0.25, -0.2) is 0 Å². The van der Waals surface area contributed by atoms with Crippen LogP contribution in [0, 0.1) is 11.8 Å². The molecule has 0 aromatic heterocycles. The standard InChI is InChI=1S/C27H34N2O7/c1-29(2)8-7-28-6-5-16-17-11-20-21(36-14-35-20)12-18(17)24(25-19(16)13-34-27(25)31)15-9-22(32-3)26(30)23(10-15)33-4/h9-12,16,19,24-25,28,30H,5-8,13-14H2,1-4H3/t16-,19?,24-,25+/m1/s1. The number of carbonyl (C=O) groups is 1. The lowest BCUT2D eigenvalue weighted by atomic mass is 9.62. The number of carbonyl (C=O) groups excluding carboxylic acids is 1. The second kappa shape index (κ2) is 10.1. The number of nitrogens with zero attached hydrogens (tertiary/aromatic N) is 1. The molecule has 0 amide bonds. The van der Waals surface area contributed by atoms with Crippen LogP contribution in [-0.2, 0) is 9.53 Å². The number of aromatic hydroxyl groups is 1. The van der Waals surface area contributed by atoms with Gasteiger partial charge in [0.1, 0.15) is 0 Å². The van der Waals surface area contributed by atoms with Crippen LogP contribution in [0.25, 0.3) is 0 Å². The number of likely N-dealkylation sites (N-methyl/N-ethyl adjacent to an activating group) is 1. The average Bonchev–Trinajstić information content (AvgIpc) is 3.48. The highest BCUT2D eigenvalue weighted by Crippen LogP contribution is 2.56. The summed E-state index contributed by atoms with van der Waals surface area (Å²) in [5.41, 5.74) is 2.97. The highest BCUT2D eigenvalue weighted by molar-refractivity contribution is 5.79. The molecular weight excluding hydrogens is 464 g/mol. The zero-order valence-corrected chi connectivity index (χ0v) is 21.2. The van der Waals surface area contributed by atoms with Gasteiger partial charge < -0.3 is 39.0 Å². The summed E-state index contributed by atoms with van der Waals surface area (Å²) in [6.45, 7) is 3.24. The molecule has 3 aliphatic rings. The van der Waals surface area contributed by atoms with E-state index >= 15 is 0 Å². The number of fused-ring (bicyclic) bond motifs is 3. The van der Waals surface area contributed by atoms with E-state index in [-0.39, 0.29) is 42.2 Å². The Morgan fingerprint density at radius 3 is 2.31 bits per heavy atom. The summed E-state index contributed by atoms with van der Waals surface area (Å²) in [4.78, 5) is 15.3. The number of hydrogen-bond donors (Lipinski definition) is 2. The summed E-state index contributed by atoms with van der Waals surface area (Å²) in [5, 5.41) is 14.0. The summed E-state index contributed by atoms with van der Waals surface area (Å²) < 4.78 is 28.0. The van der Waals surface area contributed by atoms with Crippen molar-refractivity contribution in [3.8, 4) is 28.7 Å². The molecule has 36 heavy (non-hydrogen) atoms. The molecule has 1 fully saturated rings. The van der Waals surface area contributed by atoms with Crippen LogP contribution < -0.4 is 24.3 Å². The minimum absolute atomic E-state index is 0.0109. The minimum Gasteiger partial charge on any atom is -0.502 e. The van der Waals surface area contributed by atoms with Crippen molar-refractivity contribution < 1.29 is 33.6 Å². The lowest BCUT2D eigenvalue weighted by Gasteiger charge is -2.39. The topological polar surface area (TPSA) is 98.7 Å². The first-order valence-corrected chi connectivity index (χ1v) is 12.3. The fourth-order valence-electron chi connectivity index (χ4n) is 5.83. The van der Waals surface area contributed by atoms with Gasteiger partial charge in [-0.3, -0.25) is 4.79 Å². The second-order valence-electron chi connectivity index (χ2n) is 9.85. The van der Waals surface area contributed by atoms with Crippen molar-refractivity contribution in [2.75, 3.05) is 61.3 Å². The molecule has 2 heterocycles. The van der Waals surface area contributed by atoms with E-state index in [9.17, 15) is 9.90 Å². The van der Waals surface area contributed by atoms with Gasteiger partial charge in [-0.15, -0.1) is 0 Å². The van der Waals surface area contributed by atoms with Crippen molar-refractivity contribution in [2.45, 2.75) is 18.3 Å². The summed E-state index contributed by atoms with van der Waals surface area (Å²) in [6, 6.07) is 7.64. The Balaban J connectivity index is 1.58. The van der Waals surface area contributed by atoms with Crippen molar-refractivity contribution in [2.24, 2.45) is 11.8 Å². The molecule has 0 spiro atoms. The summed E-state index contributed by atoms with van der Waals surface area (Å²) in [5.74, 6) is 1.16. The van der Waals surface area contributed by atoms with E-state index in [0.717, 1.165) is 48.5 Å². The number of ether oxygens (including phenoxy) is 5. The van der Waals surface area contributed by atoms with Crippen LogP contribution in [0.1, 0.15) is 34.9 Å². The third kappa shape index (κ3) is 4.30. The lowest BCUT2D eigenvalue weighted by Crippen LogP contribution is -2.36. The molecule has 9 heteroatoms. The van der Waals surface area contributed by atoms with Gasteiger partial charge in [-0.05, 0) is 73.9 Å². The largest absolute Gasteiger partial charge is 0.502 e. The maximum atomic E-state index is 13.2. The fourth-order valence-corrected chi connectivity index (χ4v) is 5.83. The number of esters is 1. The molecule has 2 aliphatic heterocycles. The van der Waals surface area contributed by atoms with E-state index in [1.807, 2.05) is 6.07 Å². The summed E-state index contributed by atoms with van der Waals surface area (Å²) >= 11 is 0. The predicted octanol–water partition coefficient (Wildman–Crippen LogP) is 2.70. The SMILES string of the molecule is COc1cc([C@@H]2c3cc4c(cc3[C@@H](CCNCCN(C)C)C3COC(=O)[C@@H]32)OCO4)cc(OC)c1O. The Morgan fingerprint density at radius 1 is 1.00 bits per heavy atom. The van der Waals surface area contributed by atoms with Crippen LogP contribution in [0.5, 0.6) is 28.7 Å². The number of hydrogen-bond acceptors (Lipinski definition) is 9. The normalized spacial score (nSPS) is 23.9. The first kappa shape index (κ1) is 24.5. The van der Waals surface area contributed by atoms with Crippen LogP contribution in [0.3, 0.4) is 0 Å². The van der Waals surface area contributed by atoms with Gasteiger partial charge in [0.15, 0.2) is 23.0 Å². The number of phenolic OH excluding ortho intramolecular Hbond substituents is 1. The Hall–Kier alpha value is -3.17. The van der Waals surface area contributed by atoms with Gasteiger partial charge in [0, 0.05) is 24.9 Å². The number of rotatable bonds is 9. The molecule has 1 aliphatic carbocycles. The molecule has 2 N–H and O–H groups in total. The Kier molecular flexibility index (Phi) is 6.85. The molecule has 5 rings (SSSR count). The predicted molar refractivity (Wildman–Crippen MR) is 132 cm³/mol. The summed E-state index contributed by atoms with van der Waals surface area (Å²) in [6.07, 6.45) is 0.868. The molecule has 2 aromatic carbocycles. The molecule has 194 valence electrons. The maximum absolute atomic E-state index is 13.2. The van der Waals surface area contributed by atoms with Gasteiger partial charge in [0.05, 0.1) is 26.7 Å². The van der Waals surface area contributed by atoms with Crippen molar-refractivity contribution in [1.29, 1.82) is 0 Å². The molecule has 0 radical (unpaired) electrons. The first-order valence-electron chi connectivity index (χ1n) is 12.3. The van der Waals surface area contributed by atoms with Crippen molar-refractivity contribution >= 4 is 5.97 Å². The number of benzene rings is 2. The highest BCUT2D eigenvalue weighted by atomic mass is 16.7. The van der Waals surface area contributed by atoms with Gasteiger partial charge in [-0.2, -0.15) is 0 Å². The summed E-state index contributed by atoms with van der Waals surface area (Å²) in [7, 11) is 7.11. The highest BCUT2D eigenvalue weighted by Gasteiger charge is 2.52. The van der Waals surface area contributed by atoms with Crippen molar-refractivity contribution in [1.82, 2.24) is 10.2 Å². The molecule has 1 saturated heterocycles. The second-order valence-corrected chi connectivity index (χ2v) is 9.85. The average molecular weight is 499 g/mol. The van der Waals surface area contributed by atoms with Crippen LogP contribution >= 0.6 is 0 Å². The van der Waals surface area contributed by atoms with Crippen molar-refractivity contribution in [3.63, 3.8) is 0 Å². The van der Waals surface area contributed by atoms with Crippen LogP contribution in [0.15, 0.2) is 24.3 Å². The molecule has 0 saturated carbocycles. The van der Waals surface area contributed by atoms with Gasteiger partial charge in [0.25, 0.3) is 0 Å². The number of methoxy groups -OCH3 is 2. The number of phenols is 1. The van der Waals surface area contributed by atoms with Gasteiger partial charge in [0.2, 0.25) is 12.5 Å². The van der Waals surface area contributed by atoms with E-state index in [2.05, 4.69) is 30.4 Å². The molecular formula is C27H34N2O7. The van der Waals surface area contributed by atoms with Crippen LogP contribution in [0.4, 0.5) is 0 Å². The fraction of sp³-hybridized carbons (Fsp3) is 0.519. The molecule has 1 unspecified atom stereocenters. The third-order valence-corrected chi connectivity index (χ3v) is 7.57. The minimum atomic E-state index is -0.372. The molecule has 4 atom stereocenters. The Morgan fingerprint density at radius 2 is 1.67 bits per heavy atom. The molecule has 0 bridgehead atoms.